The van der Waals surface area contributed by atoms with Gasteiger partial charge in [0, 0.05) is 17.4 Å². The van der Waals surface area contributed by atoms with E-state index in [9.17, 15) is 9.18 Å². The number of imidazole rings is 1. The molecule has 1 aromatic heterocycles. The summed E-state index contributed by atoms with van der Waals surface area (Å²) in [4.78, 5) is 18.1. The molecular formula is C30H32FN3OS. The van der Waals surface area contributed by atoms with E-state index in [1.54, 1.807) is 11.8 Å². The molecule has 1 fully saturated rings. The standard InChI is InChI=1S/C30H32FN3OS/c1-20-6-5-8-23(16-20)18-34-28-17-24(29(35)32-26-9-4-3-7-21(26)2)12-15-27(28)33-30(34)36-19-22-10-13-25(31)14-11-22/h5-6,8,10-17,21,26H,3-4,7,9,18-19H2,1-2H3,(H,32,35). The lowest BCUT2D eigenvalue weighted by Crippen LogP contribution is -2.41. The van der Waals surface area contributed by atoms with Crippen molar-refractivity contribution in [3.63, 3.8) is 0 Å². The lowest BCUT2D eigenvalue weighted by molar-refractivity contribution is 0.0910. The summed E-state index contributed by atoms with van der Waals surface area (Å²) in [5.74, 6) is 0.945. The number of rotatable bonds is 7. The highest BCUT2D eigenvalue weighted by molar-refractivity contribution is 7.98. The maximum atomic E-state index is 13.3. The molecule has 36 heavy (non-hydrogen) atoms. The normalized spacial score (nSPS) is 17.9. The number of hydrogen-bond donors (Lipinski definition) is 1. The first kappa shape index (κ1) is 24.6. The van der Waals surface area contributed by atoms with Crippen LogP contribution in [0.25, 0.3) is 11.0 Å². The summed E-state index contributed by atoms with van der Waals surface area (Å²) in [6.45, 7) is 4.98. The van der Waals surface area contributed by atoms with Crippen LogP contribution in [0.1, 0.15) is 59.7 Å². The van der Waals surface area contributed by atoms with E-state index >= 15 is 0 Å². The zero-order valence-corrected chi connectivity index (χ0v) is 21.7. The first-order valence-electron chi connectivity index (χ1n) is 12.7. The molecule has 186 valence electrons. The second-order valence-electron chi connectivity index (χ2n) is 9.93. The molecular weight excluding hydrogens is 469 g/mol. The first-order valence-corrected chi connectivity index (χ1v) is 13.7. The predicted molar refractivity (Wildman–Crippen MR) is 145 cm³/mol. The van der Waals surface area contributed by atoms with Crippen LogP contribution in [0, 0.1) is 18.7 Å². The number of thioether (sulfide) groups is 1. The third-order valence-electron chi connectivity index (χ3n) is 7.11. The Kier molecular flexibility index (Phi) is 7.42. The van der Waals surface area contributed by atoms with Crippen molar-refractivity contribution in [2.24, 2.45) is 5.92 Å². The van der Waals surface area contributed by atoms with E-state index in [1.165, 1.54) is 42.5 Å². The van der Waals surface area contributed by atoms with Gasteiger partial charge in [-0.1, -0.05) is 73.5 Å². The third-order valence-corrected chi connectivity index (χ3v) is 8.16. The van der Waals surface area contributed by atoms with Crippen LogP contribution in [-0.4, -0.2) is 21.5 Å². The minimum atomic E-state index is -0.233. The topological polar surface area (TPSA) is 46.9 Å². The van der Waals surface area contributed by atoms with Crippen molar-refractivity contribution in [2.45, 2.75) is 63.0 Å². The molecule has 3 aromatic carbocycles. The third kappa shape index (κ3) is 5.65. The summed E-state index contributed by atoms with van der Waals surface area (Å²) in [5.41, 5.74) is 5.91. The molecule has 4 aromatic rings. The van der Waals surface area contributed by atoms with Crippen molar-refractivity contribution in [2.75, 3.05) is 0 Å². The van der Waals surface area contributed by atoms with Crippen LogP contribution in [0.15, 0.2) is 71.9 Å². The molecule has 0 saturated heterocycles. The number of carbonyl (C=O) groups excluding carboxylic acids is 1. The van der Waals surface area contributed by atoms with Crippen LogP contribution in [0.2, 0.25) is 0 Å². The minimum Gasteiger partial charge on any atom is -0.349 e. The number of nitrogens with one attached hydrogen (secondary N) is 1. The number of halogens is 1. The summed E-state index contributed by atoms with van der Waals surface area (Å²) in [7, 11) is 0. The number of nitrogens with zero attached hydrogens (tertiary/aromatic N) is 2. The van der Waals surface area contributed by atoms with E-state index in [0.717, 1.165) is 28.2 Å². The van der Waals surface area contributed by atoms with Gasteiger partial charge in [-0.2, -0.15) is 0 Å². The van der Waals surface area contributed by atoms with Gasteiger partial charge in [0.15, 0.2) is 5.16 Å². The molecule has 1 heterocycles. The zero-order valence-electron chi connectivity index (χ0n) is 20.8. The Morgan fingerprint density at radius 2 is 1.86 bits per heavy atom. The molecule has 0 bridgehead atoms. The maximum absolute atomic E-state index is 13.3. The number of carbonyl (C=O) groups is 1. The van der Waals surface area contributed by atoms with E-state index in [-0.39, 0.29) is 17.8 Å². The Morgan fingerprint density at radius 1 is 1.06 bits per heavy atom. The van der Waals surface area contributed by atoms with Gasteiger partial charge in [0.1, 0.15) is 5.82 Å². The highest BCUT2D eigenvalue weighted by atomic mass is 32.2. The van der Waals surface area contributed by atoms with Crippen LogP contribution in [-0.2, 0) is 12.3 Å². The monoisotopic (exact) mass is 501 g/mol. The van der Waals surface area contributed by atoms with Gasteiger partial charge in [0.05, 0.1) is 17.6 Å². The molecule has 1 aliphatic rings. The average molecular weight is 502 g/mol. The van der Waals surface area contributed by atoms with Gasteiger partial charge >= 0.3 is 0 Å². The van der Waals surface area contributed by atoms with E-state index in [1.807, 2.05) is 30.3 Å². The maximum Gasteiger partial charge on any atom is 0.251 e. The van der Waals surface area contributed by atoms with Gasteiger partial charge in [0.25, 0.3) is 5.91 Å². The number of aromatic nitrogens is 2. The van der Waals surface area contributed by atoms with Gasteiger partial charge in [-0.05, 0) is 67.1 Å². The van der Waals surface area contributed by atoms with Gasteiger partial charge in [-0.25, -0.2) is 9.37 Å². The summed E-state index contributed by atoms with van der Waals surface area (Å²) < 4.78 is 15.5. The van der Waals surface area contributed by atoms with E-state index in [4.69, 9.17) is 4.98 Å². The van der Waals surface area contributed by atoms with Crippen molar-refractivity contribution in [1.29, 1.82) is 0 Å². The second-order valence-corrected chi connectivity index (χ2v) is 10.9. The summed E-state index contributed by atoms with van der Waals surface area (Å²) in [6.07, 6.45) is 4.63. The highest BCUT2D eigenvalue weighted by Crippen LogP contribution is 2.29. The van der Waals surface area contributed by atoms with E-state index in [2.05, 4.69) is 48.0 Å². The highest BCUT2D eigenvalue weighted by Gasteiger charge is 2.24. The molecule has 2 atom stereocenters. The Bertz CT molecular complexity index is 1360. The number of amides is 1. The fraction of sp³-hybridized carbons (Fsp3) is 0.333. The SMILES string of the molecule is Cc1cccc(Cn2c(SCc3ccc(F)cc3)nc3ccc(C(=O)NC4CCCCC4C)cc32)c1. The number of fused-ring (bicyclic) bond motifs is 1. The summed E-state index contributed by atoms with van der Waals surface area (Å²) in [6, 6.07) is 21.1. The quantitative estimate of drug-likeness (QED) is 0.274. The van der Waals surface area contributed by atoms with Gasteiger partial charge in [-0.15, -0.1) is 0 Å². The Hall–Kier alpha value is -3.12. The molecule has 1 amide bonds. The molecule has 5 rings (SSSR count). The van der Waals surface area contributed by atoms with Crippen molar-refractivity contribution in [1.82, 2.24) is 14.9 Å². The molecule has 1 aliphatic carbocycles. The van der Waals surface area contributed by atoms with Gasteiger partial charge in [0.2, 0.25) is 0 Å². The number of hydrogen-bond acceptors (Lipinski definition) is 3. The second kappa shape index (κ2) is 10.9. The fourth-order valence-corrected chi connectivity index (χ4v) is 5.98. The van der Waals surface area contributed by atoms with Crippen LogP contribution in [0.4, 0.5) is 4.39 Å². The lowest BCUT2D eigenvalue weighted by atomic mass is 9.86. The smallest absolute Gasteiger partial charge is 0.251 e. The van der Waals surface area contributed by atoms with Crippen LogP contribution in [0.5, 0.6) is 0 Å². The molecule has 0 aliphatic heterocycles. The molecule has 4 nitrogen and oxygen atoms in total. The Labute approximate surface area is 216 Å². The molecule has 0 radical (unpaired) electrons. The zero-order chi connectivity index (χ0) is 25.1. The van der Waals surface area contributed by atoms with Gasteiger partial charge < -0.3 is 9.88 Å². The summed E-state index contributed by atoms with van der Waals surface area (Å²) in [5, 5.41) is 4.16. The largest absolute Gasteiger partial charge is 0.349 e. The van der Waals surface area contributed by atoms with Crippen molar-refractivity contribution in [3.8, 4) is 0 Å². The van der Waals surface area contributed by atoms with Crippen LogP contribution < -0.4 is 5.32 Å². The number of benzene rings is 3. The first-order chi connectivity index (χ1) is 17.5. The molecule has 1 saturated carbocycles. The lowest BCUT2D eigenvalue weighted by Gasteiger charge is -2.29. The van der Waals surface area contributed by atoms with E-state index < -0.39 is 0 Å². The van der Waals surface area contributed by atoms with Crippen LogP contribution in [0.3, 0.4) is 0 Å². The van der Waals surface area contributed by atoms with Gasteiger partial charge in [-0.3, -0.25) is 4.79 Å². The Balaban J connectivity index is 1.46. The number of aryl methyl sites for hydroxylation is 1. The molecule has 6 heteroatoms. The van der Waals surface area contributed by atoms with Crippen molar-refractivity contribution >= 4 is 28.7 Å². The van der Waals surface area contributed by atoms with Crippen molar-refractivity contribution < 1.29 is 9.18 Å². The molecule has 1 N–H and O–H groups in total. The molecule has 0 spiro atoms. The summed E-state index contributed by atoms with van der Waals surface area (Å²) >= 11 is 1.63. The average Bonchev–Trinajstić information content (AvgIpc) is 3.21. The Morgan fingerprint density at radius 3 is 2.64 bits per heavy atom. The van der Waals surface area contributed by atoms with Crippen LogP contribution >= 0.6 is 11.8 Å². The van der Waals surface area contributed by atoms with Crippen molar-refractivity contribution in [3.05, 3.63) is 94.8 Å². The molecule has 2 unspecified atom stereocenters. The minimum absolute atomic E-state index is 0.0144. The fourth-order valence-electron chi connectivity index (χ4n) is 5.01. The van der Waals surface area contributed by atoms with E-state index in [0.29, 0.717) is 23.8 Å². The predicted octanol–water partition coefficient (Wildman–Crippen LogP) is 7.13.